The first kappa shape index (κ1) is 19.3. The van der Waals surface area contributed by atoms with Crippen molar-refractivity contribution in [2.24, 2.45) is 5.92 Å². The molecule has 0 saturated carbocycles. The van der Waals surface area contributed by atoms with E-state index in [1.807, 2.05) is 37.3 Å². The van der Waals surface area contributed by atoms with Gasteiger partial charge in [-0.15, -0.1) is 0 Å². The molecule has 144 valence electrons. The van der Waals surface area contributed by atoms with Crippen molar-refractivity contribution in [1.29, 1.82) is 0 Å². The molecular formula is C19H23N3O4S. The maximum Gasteiger partial charge on any atom is 0.293 e. The van der Waals surface area contributed by atoms with Crippen LogP contribution in [0.25, 0.3) is 0 Å². The molecule has 1 fully saturated rings. The molecule has 3 rings (SSSR count). The minimum Gasteiger partial charge on any atom is -0.375 e. The van der Waals surface area contributed by atoms with Crippen LogP contribution in [0, 0.1) is 16.0 Å². The summed E-state index contributed by atoms with van der Waals surface area (Å²) >= 11 is 0. The van der Waals surface area contributed by atoms with Crippen molar-refractivity contribution in [2.75, 3.05) is 18.4 Å². The van der Waals surface area contributed by atoms with Crippen LogP contribution in [0.15, 0.2) is 53.4 Å². The average Bonchev–Trinajstić information content (AvgIpc) is 2.67. The van der Waals surface area contributed by atoms with Crippen molar-refractivity contribution >= 4 is 21.4 Å². The van der Waals surface area contributed by atoms with E-state index in [0.717, 1.165) is 24.5 Å². The molecule has 2 aromatic rings. The maximum atomic E-state index is 12.9. The fraction of sp³-hybridized carbons (Fsp3) is 0.368. The van der Waals surface area contributed by atoms with Gasteiger partial charge in [0.2, 0.25) is 10.0 Å². The molecule has 1 atom stereocenters. The number of piperidine rings is 1. The monoisotopic (exact) mass is 389 g/mol. The lowest BCUT2D eigenvalue weighted by molar-refractivity contribution is -0.384. The largest absolute Gasteiger partial charge is 0.375 e. The van der Waals surface area contributed by atoms with Gasteiger partial charge in [0, 0.05) is 25.7 Å². The van der Waals surface area contributed by atoms with Crippen molar-refractivity contribution in [3.05, 3.63) is 64.2 Å². The third-order valence-corrected chi connectivity index (χ3v) is 6.61. The molecule has 0 aromatic heterocycles. The predicted octanol–water partition coefficient (Wildman–Crippen LogP) is 3.63. The van der Waals surface area contributed by atoms with E-state index in [9.17, 15) is 18.5 Å². The van der Waals surface area contributed by atoms with Gasteiger partial charge >= 0.3 is 0 Å². The van der Waals surface area contributed by atoms with Crippen LogP contribution in [-0.4, -0.2) is 30.7 Å². The second-order valence-corrected chi connectivity index (χ2v) is 8.82. The zero-order valence-electron chi connectivity index (χ0n) is 15.2. The summed E-state index contributed by atoms with van der Waals surface area (Å²) in [5.74, 6) is 0.287. The van der Waals surface area contributed by atoms with E-state index in [0.29, 0.717) is 25.3 Å². The van der Waals surface area contributed by atoms with Crippen LogP contribution in [0.2, 0.25) is 0 Å². The summed E-state index contributed by atoms with van der Waals surface area (Å²) in [6.07, 6.45) is 1.80. The number of nitrogens with one attached hydrogen (secondary N) is 1. The smallest absolute Gasteiger partial charge is 0.293 e. The predicted molar refractivity (Wildman–Crippen MR) is 104 cm³/mol. The molecule has 0 radical (unpaired) electrons. The average molecular weight is 389 g/mol. The molecule has 1 N–H and O–H groups in total. The second kappa shape index (κ2) is 8.06. The van der Waals surface area contributed by atoms with Gasteiger partial charge in [-0.05, 0) is 36.5 Å². The van der Waals surface area contributed by atoms with E-state index >= 15 is 0 Å². The van der Waals surface area contributed by atoms with Gasteiger partial charge in [-0.25, -0.2) is 8.42 Å². The van der Waals surface area contributed by atoms with Crippen molar-refractivity contribution in [3.8, 4) is 0 Å². The Bertz CT molecular complexity index is 916. The Morgan fingerprint density at radius 3 is 2.63 bits per heavy atom. The quantitative estimate of drug-likeness (QED) is 0.602. The Labute approximate surface area is 159 Å². The second-order valence-electron chi connectivity index (χ2n) is 6.89. The highest BCUT2D eigenvalue weighted by Gasteiger charge is 2.30. The molecule has 0 aliphatic carbocycles. The highest BCUT2D eigenvalue weighted by atomic mass is 32.2. The lowest BCUT2D eigenvalue weighted by Gasteiger charge is -2.30. The van der Waals surface area contributed by atoms with Crippen molar-refractivity contribution in [2.45, 2.75) is 31.2 Å². The number of nitro benzene ring substituents is 1. The van der Waals surface area contributed by atoms with Crippen LogP contribution >= 0.6 is 0 Å². The van der Waals surface area contributed by atoms with E-state index in [-0.39, 0.29) is 16.5 Å². The maximum absolute atomic E-state index is 12.9. The molecule has 8 heteroatoms. The Kier molecular flexibility index (Phi) is 5.76. The Balaban J connectivity index is 1.85. The van der Waals surface area contributed by atoms with E-state index in [2.05, 4.69) is 5.32 Å². The molecule has 27 heavy (non-hydrogen) atoms. The number of hydrogen-bond donors (Lipinski definition) is 1. The fourth-order valence-electron chi connectivity index (χ4n) is 3.28. The summed E-state index contributed by atoms with van der Waals surface area (Å²) in [6.45, 7) is 3.33. The van der Waals surface area contributed by atoms with E-state index in [1.54, 1.807) is 0 Å². The summed E-state index contributed by atoms with van der Waals surface area (Å²) in [5, 5.41) is 14.5. The molecule has 0 bridgehead atoms. The molecule has 1 heterocycles. The summed E-state index contributed by atoms with van der Waals surface area (Å²) < 4.78 is 27.2. The molecule has 0 amide bonds. The van der Waals surface area contributed by atoms with Gasteiger partial charge in [0.25, 0.3) is 5.69 Å². The minimum atomic E-state index is -3.73. The topological polar surface area (TPSA) is 92.6 Å². The molecule has 2 aromatic carbocycles. The van der Waals surface area contributed by atoms with E-state index in [4.69, 9.17) is 0 Å². The standard InChI is InChI=1S/C19H23N3O4S/c1-15-6-5-11-21(14-15)27(25,26)17-9-10-18(19(12-17)22(23)24)20-13-16-7-3-2-4-8-16/h2-4,7-10,12,15,20H,5-6,11,13-14H2,1H3/t15-/m0/s1. The molecule has 7 nitrogen and oxygen atoms in total. The summed E-state index contributed by atoms with van der Waals surface area (Å²) in [6, 6.07) is 13.6. The SMILES string of the molecule is C[C@H]1CCCN(S(=O)(=O)c2ccc(NCc3ccccc3)c([N+](=O)[O-])c2)C1. The van der Waals surface area contributed by atoms with E-state index in [1.165, 1.54) is 16.4 Å². The Hall–Kier alpha value is -2.45. The van der Waals surface area contributed by atoms with Crippen LogP contribution in [-0.2, 0) is 16.6 Å². The van der Waals surface area contributed by atoms with Crippen LogP contribution in [0.5, 0.6) is 0 Å². The van der Waals surface area contributed by atoms with Crippen LogP contribution in [0.3, 0.4) is 0 Å². The number of anilines is 1. The number of nitro groups is 1. The molecular weight excluding hydrogens is 366 g/mol. The van der Waals surface area contributed by atoms with E-state index < -0.39 is 14.9 Å². The molecule has 0 spiro atoms. The van der Waals surface area contributed by atoms with Gasteiger partial charge in [0.15, 0.2) is 0 Å². The lowest BCUT2D eigenvalue weighted by atomic mass is 10.0. The normalized spacial score (nSPS) is 18.2. The number of hydrogen-bond acceptors (Lipinski definition) is 5. The zero-order valence-corrected chi connectivity index (χ0v) is 16.0. The minimum absolute atomic E-state index is 0.0337. The number of benzene rings is 2. The van der Waals surface area contributed by atoms with Crippen molar-refractivity contribution in [3.63, 3.8) is 0 Å². The van der Waals surface area contributed by atoms with Gasteiger partial charge in [0.1, 0.15) is 5.69 Å². The summed E-state index contributed by atoms with van der Waals surface area (Å²) in [4.78, 5) is 10.9. The van der Waals surface area contributed by atoms with Gasteiger partial charge < -0.3 is 5.32 Å². The lowest BCUT2D eigenvalue weighted by Crippen LogP contribution is -2.39. The fourth-order valence-corrected chi connectivity index (χ4v) is 4.90. The van der Waals surface area contributed by atoms with Crippen molar-refractivity contribution in [1.82, 2.24) is 4.31 Å². The number of sulfonamides is 1. The highest BCUT2D eigenvalue weighted by molar-refractivity contribution is 7.89. The highest BCUT2D eigenvalue weighted by Crippen LogP contribution is 2.31. The first-order valence-corrected chi connectivity index (χ1v) is 10.4. The molecule has 1 saturated heterocycles. The third-order valence-electron chi connectivity index (χ3n) is 4.75. The van der Waals surface area contributed by atoms with Crippen LogP contribution < -0.4 is 5.32 Å². The van der Waals surface area contributed by atoms with Gasteiger partial charge in [-0.3, -0.25) is 10.1 Å². The third kappa shape index (κ3) is 4.45. The van der Waals surface area contributed by atoms with Gasteiger partial charge in [-0.2, -0.15) is 4.31 Å². The molecule has 0 unspecified atom stereocenters. The Morgan fingerprint density at radius 1 is 1.22 bits per heavy atom. The van der Waals surface area contributed by atoms with Crippen molar-refractivity contribution < 1.29 is 13.3 Å². The first-order valence-electron chi connectivity index (χ1n) is 8.94. The number of nitrogens with zero attached hydrogens (tertiary/aromatic N) is 2. The first-order chi connectivity index (χ1) is 12.9. The van der Waals surface area contributed by atoms with Crippen LogP contribution in [0.4, 0.5) is 11.4 Å². The summed E-state index contributed by atoms with van der Waals surface area (Å²) in [5.41, 5.74) is 1.04. The van der Waals surface area contributed by atoms with Crippen LogP contribution in [0.1, 0.15) is 25.3 Å². The number of rotatable bonds is 6. The van der Waals surface area contributed by atoms with Gasteiger partial charge in [0.05, 0.1) is 9.82 Å². The molecule has 1 aliphatic heterocycles. The summed E-state index contributed by atoms with van der Waals surface area (Å²) in [7, 11) is -3.73. The molecule has 1 aliphatic rings. The zero-order chi connectivity index (χ0) is 19.4. The Morgan fingerprint density at radius 2 is 1.96 bits per heavy atom. The van der Waals surface area contributed by atoms with Gasteiger partial charge in [-0.1, -0.05) is 37.3 Å².